The highest BCUT2D eigenvalue weighted by molar-refractivity contribution is 7.90. The quantitative estimate of drug-likeness (QED) is 0.684. The number of benzene rings is 1. The zero-order valence-corrected chi connectivity index (χ0v) is 11.7. The zero-order valence-electron chi connectivity index (χ0n) is 10.9. The number of carbonyl (C=O) groups excluding carboxylic acids is 2. The average molecular weight is 303 g/mol. The number of rotatable bonds is 4. The van der Waals surface area contributed by atoms with Crippen LogP contribution in [-0.4, -0.2) is 40.2 Å². The first-order chi connectivity index (χ1) is 9.24. The number of hydrogen-bond donors (Lipinski definition) is 3. The molecular formula is C11H14FN3O4S. The van der Waals surface area contributed by atoms with E-state index in [0.717, 1.165) is 24.5 Å². The maximum atomic E-state index is 13.5. The van der Waals surface area contributed by atoms with Crippen molar-refractivity contribution in [2.24, 2.45) is 0 Å². The van der Waals surface area contributed by atoms with Crippen molar-refractivity contribution in [1.29, 1.82) is 0 Å². The Morgan fingerprint density at radius 1 is 1.30 bits per heavy atom. The van der Waals surface area contributed by atoms with Gasteiger partial charge in [-0.05, 0) is 18.2 Å². The van der Waals surface area contributed by atoms with Gasteiger partial charge in [0.15, 0.2) is 9.84 Å². The summed E-state index contributed by atoms with van der Waals surface area (Å²) in [4.78, 5) is 22.1. The monoisotopic (exact) mass is 303 g/mol. The van der Waals surface area contributed by atoms with E-state index in [0.29, 0.717) is 0 Å². The third-order valence-electron chi connectivity index (χ3n) is 2.29. The molecule has 0 bridgehead atoms. The van der Waals surface area contributed by atoms with Gasteiger partial charge in [-0.3, -0.25) is 10.1 Å². The van der Waals surface area contributed by atoms with Crippen molar-refractivity contribution in [3.63, 3.8) is 0 Å². The van der Waals surface area contributed by atoms with Gasteiger partial charge >= 0.3 is 6.03 Å². The molecule has 0 radical (unpaired) electrons. The van der Waals surface area contributed by atoms with Crippen LogP contribution in [0.1, 0.15) is 0 Å². The first kappa shape index (κ1) is 15.9. The topological polar surface area (TPSA) is 104 Å². The Kier molecular flexibility index (Phi) is 5.03. The molecule has 3 N–H and O–H groups in total. The van der Waals surface area contributed by atoms with Gasteiger partial charge in [-0.15, -0.1) is 0 Å². The minimum absolute atomic E-state index is 0.0758. The first-order valence-electron chi connectivity index (χ1n) is 5.49. The van der Waals surface area contributed by atoms with Crippen molar-refractivity contribution in [1.82, 2.24) is 10.6 Å². The van der Waals surface area contributed by atoms with Gasteiger partial charge in [0.2, 0.25) is 5.91 Å². The maximum absolute atomic E-state index is 13.5. The summed E-state index contributed by atoms with van der Waals surface area (Å²) in [7, 11) is -2.14. The van der Waals surface area contributed by atoms with Gasteiger partial charge in [-0.25, -0.2) is 17.6 Å². The Bertz CT molecular complexity index is 631. The van der Waals surface area contributed by atoms with Crippen molar-refractivity contribution < 1.29 is 22.4 Å². The lowest BCUT2D eigenvalue weighted by Gasteiger charge is -2.09. The Labute approximate surface area is 115 Å². The highest BCUT2D eigenvalue weighted by Crippen LogP contribution is 2.19. The lowest BCUT2D eigenvalue weighted by Crippen LogP contribution is -2.40. The predicted octanol–water partition coefficient (Wildman–Crippen LogP) is 0.0967. The predicted molar refractivity (Wildman–Crippen MR) is 70.6 cm³/mol. The van der Waals surface area contributed by atoms with Gasteiger partial charge in [0.1, 0.15) is 5.82 Å². The van der Waals surface area contributed by atoms with Crippen LogP contribution in [0.4, 0.5) is 14.9 Å². The molecule has 0 unspecified atom stereocenters. The summed E-state index contributed by atoms with van der Waals surface area (Å²) in [5, 5.41) is 6.58. The van der Waals surface area contributed by atoms with Gasteiger partial charge in [0, 0.05) is 13.3 Å². The molecule has 3 amide bonds. The number of nitrogens with one attached hydrogen (secondary N) is 3. The van der Waals surface area contributed by atoms with E-state index < -0.39 is 27.6 Å². The summed E-state index contributed by atoms with van der Waals surface area (Å²) < 4.78 is 36.1. The van der Waals surface area contributed by atoms with E-state index in [-0.39, 0.29) is 17.1 Å². The van der Waals surface area contributed by atoms with Gasteiger partial charge in [-0.1, -0.05) is 0 Å². The van der Waals surface area contributed by atoms with Crippen LogP contribution in [0, 0.1) is 5.82 Å². The average Bonchev–Trinajstić information content (AvgIpc) is 2.36. The van der Waals surface area contributed by atoms with Gasteiger partial charge in [0.25, 0.3) is 0 Å². The molecule has 0 aliphatic heterocycles. The van der Waals surface area contributed by atoms with E-state index in [2.05, 4.69) is 10.6 Å². The standard InChI is InChI=1S/C11H14FN3O4S/c1-13-11(17)15-10(16)6-14-9-5-7(20(2,18)19)3-4-8(9)12/h3-5,14H,6H2,1-2H3,(H2,13,15,16,17). The van der Waals surface area contributed by atoms with Crippen molar-refractivity contribution in [3.8, 4) is 0 Å². The highest BCUT2D eigenvalue weighted by atomic mass is 32.2. The van der Waals surface area contributed by atoms with Crippen LogP contribution < -0.4 is 16.0 Å². The lowest BCUT2D eigenvalue weighted by atomic mass is 10.3. The fraction of sp³-hybridized carbons (Fsp3) is 0.273. The fourth-order valence-electron chi connectivity index (χ4n) is 1.28. The number of halogens is 1. The minimum atomic E-state index is -3.47. The molecule has 0 atom stereocenters. The molecule has 0 fully saturated rings. The molecule has 0 saturated heterocycles. The second-order valence-electron chi connectivity index (χ2n) is 3.89. The Balaban J connectivity index is 2.78. The molecule has 1 aromatic rings. The molecule has 0 saturated carbocycles. The smallest absolute Gasteiger partial charge is 0.321 e. The van der Waals surface area contributed by atoms with Crippen LogP contribution in [0.25, 0.3) is 0 Å². The third-order valence-corrected chi connectivity index (χ3v) is 3.40. The Hall–Kier alpha value is -2.16. The van der Waals surface area contributed by atoms with E-state index in [4.69, 9.17) is 0 Å². The summed E-state index contributed by atoms with van der Waals surface area (Å²) in [6.45, 7) is -0.377. The summed E-state index contributed by atoms with van der Waals surface area (Å²) >= 11 is 0. The molecule has 20 heavy (non-hydrogen) atoms. The van der Waals surface area contributed by atoms with Crippen LogP contribution in [0.5, 0.6) is 0 Å². The summed E-state index contributed by atoms with van der Waals surface area (Å²) in [5.74, 6) is -1.39. The van der Waals surface area contributed by atoms with Crippen LogP contribution in [0.3, 0.4) is 0 Å². The number of amides is 3. The Morgan fingerprint density at radius 2 is 1.95 bits per heavy atom. The van der Waals surface area contributed by atoms with Crippen LogP contribution >= 0.6 is 0 Å². The number of carbonyl (C=O) groups is 2. The number of imide groups is 1. The van der Waals surface area contributed by atoms with E-state index in [9.17, 15) is 22.4 Å². The second-order valence-corrected chi connectivity index (χ2v) is 5.91. The summed E-state index contributed by atoms with van der Waals surface area (Å²) in [6.07, 6.45) is 0.988. The van der Waals surface area contributed by atoms with E-state index in [1.54, 1.807) is 0 Å². The largest absolute Gasteiger partial charge is 0.374 e. The van der Waals surface area contributed by atoms with Crippen molar-refractivity contribution >= 4 is 27.5 Å². The van der Waals surface area contributed by atoms with Crippen LogP contribution in [0.15, 0.2) is 23.1 Å². The lowest BCUT2D eigenvalue weighted by molar-refractivity contribution is -0.118. The van der Waals surface area contributed by atoms with Crippen molar-refractivity contribution in [3.05, 3.63) is 24.0 Å². The molecule has 0 aliphatic carbocycles. The highest BCUT2D eigenvalue weighted by Gasteiger charge is 2.12. The number of anilines is 1. The molecule has 0 aliphatic rings. The molecule has 0 heterocycles. The first-order valence-corrected chi connectivity index (χ1v) is 7.38. The maximum Gasteiger partial charge on any atom is 0.321 e. The molecule has 0 aromatic heterocycles. The van der Waals surface area contributed by atoms with E-state index in [1.165, 1.54) is 7.05 Å². The number of sulfone groups is 1. The second kappa shape index (κ2) is 6.33. The van der Waals surface area contributed by atoms with Crippen LogP contribution in [0.2, 0.25) is 0 Å². The van der Waals surface area contributed by atoms with Crippen molar-refractivity contribution in [2.75, 3.05) is 25.2 Å². The van der Waals surface area contributed by atoms with E-state index >= 15 is 0 Å². The fourth-order valence-corrected chi connectivity index (χ4v) is 1.93. The number of urea groups is 1. The molecule has 110 valence electrons. The van der Waals surface area contributed by atoms with Crippen LogP contribution in [-0.2, 0) is 14.6 Å². The third kappa shape index (κ3) is 4.50. The summed E-state index contributed by atoms with van der Waals surface area (Å²) in [6, 6.07) is 2.50. The minimum Gasteiger partial charge on any atom is -0.374 e. The molecular weight excluding hydrogens is 289 g/mol. The summed E-state index contributed by atoms with van der Waals surface area (Å²) in [5.41, 5.74) is -0.139. The van der Waals surface area contributed by atoms with Gasteiger partial charge in [0.05, 0.1) is 17.1 Å². The van der Waals surface area contributed by atoms with E-state index in [1.807, 2.05) is 5.32 Å². The SMILES string of the molecule is CNC(=O)NC(=O)CNc1cc(S(C)(=O)=O)ccc1F. The molecule has 9 heteroatoms. The molecule has 1 rings (SSSR count). The molecule has 1 aromatic carbocycles. The normalized spacial score (nSPS) is 10.8. The number of hydrogen-bond acceptors (Lipinski definition) is 5. The molecule has 0 spiro atoms. The van der Waals surface area contributed by atoms with Gasteiger partial charge in [-0.2, -0.15) is 0 Å². The Morgan fingerprint density at radius 3 is 2.50 bits per heavy atom. The zero-order chi connectivity index (χ0) is 15.3. The van der Waals surface area contributed by atoms with Crippen molar-refractivity contribution in [2.45, 2.75) is 4.90 Å². The molecule has 7 nitrogen and oxygen atoms in total. The van der Waals surface area contributed by atoms with Gasteiger partial charge < -0.3 is 10.6 Å².